The molecule has 0 radical (unpaired) electrons. The smallest absolute Gasteiger partial charge is 0.407 e. The molecule has 0 saturated heterocycles. The number of benzene rings is 1. The Balaban J connectivity index is 2.85. The van der Waals surface area contributed by atoms with Crippen molar-refractivity contribution in [1.82, 2.24) is 10.2 Å². The Bertz CT molecular complexity index is 658. The largest absolute Gasteiger partial charge is 0.453 e. The Labute approximate surface area is 167 Å². The molecule has 0 saturated carbocycles. The van der Waals surface area contributed by atoms with Gasteiger partial charge >= 0.3 is 6.09 Å². The summed E-state index contributed by atoms with van der Waals surface area (Å²) in [6.07, 6.45) is -0.0506. The molecule has 0 spiro atoms. The number of aryl methyl sites for hydroxylation is 1. The third-order valence-corrected chi connectivity index (χ3v) is 4.71. The maximum Gasteiger partial charge on any atom is 0.407 e. The highest BCUT2D eigenvalue weighted by Crippen LogP contribution is 2.15. The Morgan fingerprint density at radius 1 is 1.11 bits per heavy atom. The van der Waals surface area contributed by atoms with Crippen molar-refractivity contribution in [2.45, 2.75) is 47.1 Å². The number of methoxy groups -OCH3 is 1. The summed E-state index contributed by atoms with van der Waals surface area (Å²) in [5, 5.41) is 5.51. The van der Waals surface area contributed by atoms with Gasteiger partial charge in [-0.3, -0.25) is 9.59 Å². The van der Waals surface area contributed by atoms with Gasteiger partial charge in [-0.05, 0) is 38.3 Å². The van der Waals surface area contributed by atoms with Gasteiger partial charge in [-0.15, -0.1) is 0 Å². The number of carbonyl (C=O) groups is 3. The Morgan fingerprint density at radius 2 is 1.71 bits per heavy atom. The molecule has 156 valence electrons. The molecule has 7 heteroatoms. The van der Waals surface area contributed by atoms with Gasteiger partial charge < -0.3 is 20.3 Å². The minimum Gasteiger partial charge on any atom is -0.453 e. The van der Waals surface area contributed by atoms with Crippen molar-refractivity contribution in [1.29, 1.82) is 0 Å². The molecule has 1 aromatic carbocycles. The zero-order chi connectivity index (χ0) is 21.3. The molecule has 3 amide bonds. The van der Waals surface area contributed by atoms with E-state index in [1.54, 1.807) is 4.90 Å². The highest BCUT2D eigenvalue weighted by Gasteiger charge is 2.30. The van der Waals surface area contributed by atoms with Crippen molar-refractivity contribution < 1.29 is 19.1 Å². The fourth-order valence-corrected chi connectivity index (χ4v) is 2.82. The summed E-state index contributed by atoms with van der Waals surface area (Å²) in [6.45, 7) is 10.2. The number of nitrogens with zero attached hydrogens (tertiary/aromatic N) is 1. The van der Waals surface area contributed by atoms with Crippen LogP contribution in [-0.2, 0) is 14.3 Å². The van der Waals surface area contributed by atoms with Gasteiger partial charge in [0, 0.05) is 18.8 Å². The van der Waals surface area contributed by atoms with Gasteiger partial charge in [-0.2, -0.15) is 0 Å². The molecule has 0 bridgehead atoms. The zero-order valence-corrected chi connectivity index (χ0v) is 17.7. The zero-order valence-electron chi connectivity index (χ0n) is 17.7. The number of rotatable bonds is 9. The summed E-state index contributed by atoms with van der Waals surface area (Å²) in [5.74, 6) is -0.803. The van der Waals surface area contributed by atoms with Crippen LogP contribution >= 0.6 is 0 Å². The van der Waals surface area contributed by atoms with Gasteiger partial charge in [-0.25, -0.2) is 4.79 Å². The molecule has 2 atom stereocenters. The van der Waals surface area contributed by atoms with Gasteiger partial charge in [0.2, 0.25) is 11.8 Å². The number of anilines is 1. The first kappa shape index (κ1) is 23.5. The number of alkyl carbamates (subject to hydrolysis) is 1. The van der Waals surface area contributed by atoms with Gasteiger partial charge in [0.15, 0.2) is 0 Å². The van der Waals surface area contributed by atoms with Crippen molar-refractivity contribution in [3.05, 3.63) is 29.8 Å². The molecule has 1 rings (SSSR count). The molecule has 7 nitrogen and oxygen atoms in total. The first-order valence-corrected chi connectivity index (χ1v) is 9.74. The standard InChI is InChI=1S/C21H33N3O4/c1-7-16(19(25)22-17-11-9-15(5)10-12-17)13-24(8-2)20(26)18(14(3)4)23-21(27)28-6/h9-12,14,16,18H,7-8,13H2,1-6H3,(H,22,25)(H,23,27)/t16-,18-/m0/s1. The first-order valence-electron chi connectivity index (χ1n) is 9.74. The van der Waals surface area contributed by atoms with E-state index < -0.39 is 12.1 Å². The van der Waals surface area contributed by atoms with E-state index in [4.69, 9.17) is 0 Å². The molecule has 0 aromatic heterocycles. The topological polar surface area (TPSA) is 87.7 Å². The summed E-state index contributed by atoms with van der Waals surface area (Å²) >= 11 is 0. The number of hydrogen-bond donors (Lipinski definition) is 2. The van der Waals surface area contributed by atoms with Crippen LogP contribution in [0.5, 0.6) is 0 Å². The van der Waals surface area contributed by atoms with Crippen LogP contribution in [0.1, 0.15) is 39.7 Å². The van der Waals surface area contributed by atoms with Crippen LogP contribution in [0.25, 0.3) is 0 Å². The second-order valence-corrected chi connectivity index (χ2v) is 7.19. The lowest BCUT2D eigenvalue weighted by molar-refractivity contribution is -0.135. The van der Waals surface area contributed by atoms with Crippen LogP contribution in [0, 0.1) is 18.8 Å². The first-order chi connectivity index (χ1) is 13.2. The SMILES string of the molecule is CC[C@@H](CN(CC)C(=O)[C@@H](NC(=O)OC)C(C)C)C(=O)Nc1ccc(C)cc1. The lowest BCUT2D eigenvalue weighted by Crippen LogP contribution is -2.52. The highest BCUT2D eigenvalue weighted by atomic mass is 16.5. The number of ether oxygens (including phenoxy) is 1. The Hall–Kier alpha value is -2.57. The van der Waals surface area contributed by atoms with Gasteiger partial charge in [0.25, 0.3) is 0 Å². The van der Waals surface area contributed by atoms with E-state index in [-0.39, 0.29) is 30.2 Å². The number of hydrogen-bond acceptors (Lipinski definition) is 4. The van der Waals surface area contributed by atoms with Gasteiger partial charge in [-0.1, -0.05) is 38.5 Å². The van der Waals surface area contributed by atoms with Crippen LogP contribution in [0.4, 0.5) is 10.5 Å². The van der Waals surface area contributed by atoms with E-state index in [9.17, 15) is 14.4 Å². The molecule has 0 heterocycles. The second kappa shape index (κ2) is 11.3. The van der Waals surface area contributed by atoms with Crippen molar-refractivity contribution in [2.24, 2.45) is 11.8 Å². The molecular formula is C21H33N3O4. The minimum absolute atomic E-state index is 0.109. The summed E-state index contributed by atoms with van der Waals surface area (Å²) < 4.78 is 4.62. The fraction of sp³-hybridized carbons (Fsp3) is 0.571. The predicted molar refractivity (Wildman–Crippen MR) is 110 cm³/mol. The normalized spacial score (nSPS) is 12.8. The van der Waals surface area contributed by atoms with E-state index >= 15 is 0 Å². The lowest BCUT2D eigenvalue weighted by atomic mass is 10.0. The summed E-state index contributed by atoms with van der Waals surface area (Å²) in [4.78, 5) is 38.9. The number of likely N-dealkylation sites (N-methyl/N-ethyl adjacent to an activating group) is 1. The second-order valence-electron chi connectivity index (χ2n) is 7.19. The molecule has 28 heavy (non-hydrogen) atoms. The summed E-state index contributed by atoms with van der Waals surface area (Å²) in [7, 11) is 1.26. The van der Waals surface area contributed by atoms with E-state index in [0.29, 0.717) is 13.0 Å². The lowest BCUT2D eigenvalue weighted by Gasteiger charge is -2.31. The maximum absolute atomic E-state index is 13.0. The minimum atomic E-state index is -0.704. The maximum atomic E-state index is 13.0. The monoisotopic (exact) mass is 391 g/mol. The number of carbonyl (C=O) groups excluding carboxylic acids is 3. The molecule has 0 fully saturated rings. The van der Waals surface area contributed by atoms with Crippen LogP contribution in [0.3, 0.4) is 0 Å². The van der Waals surface area contributed by atoms with Crippen molar-refractivity contribution >= 4 is 23.6 Å². The van der Waals surface area contributed by atoms with Crippen LogP contribution < -0.4 is 10.6 Å². The Morgan fingerprint density at radius 3 is 2.18 bits per heavy atom. The van der Waals surface area contributed by atoms with E-state index in [1.165, 1.54) is 7.11 Å². The molecule has 0 aliphatic rings. The predicted octanol–water partition coefficient (Wildman–Crippen LogP) is 3.19. The van der Waals surface area contributed by atoms with Gasteiger partial charge in [0.1, 0.15) is 6.04 Å². The molecule has 2 N–H and O–H groups in total. The summed E-state index contributed by atoms with van der Waals surface area (Å²) in [5.41, 5.74) is 1.85. The number of nitrogens with one attached hydrogen (secondary N) is 2. The van der Waals surface area contributed by atoms with Crippen molar-refractivity contribution in [3.8, 4) is 0 Å². The van der Waals surface area contributed by atoms with Crippen molar-refractivity contribution in [2.75, 3.05) is 25.5 Å². The average molecular weight is 392 g/mol. The molecule has 1 aromatic rings. The third-order valence-electron chi connectivity index (χ3n) is 4.71. The number of amides is 3. The molecule has 0 aliphatic carbocycles. The third kappa shape index (κ3) is 6.87. The molecule has 0 aliphatic heterocycles. The fourth-order valence-electron chi connectivity index (χ4n) is 2.82. The Kier molecular flexibility index (Phi) is 9.48. The summed E-state index contributed by atoms with van der Waals surface area (Å²) in [6, 6.07) is 6.88. The highest BCUT2D eigenvalue weighted by molar-refractivity contribution is 5.93. The van der Waals surface area contributed by atoms with E-state index in [2.05, 4.69) is 15.4 Å². The molecule has 0 unspecified atom stereocenters. The van der Waals surface area contributed by atoms with Crippen LogP contribution in [0.15, 0.2) is 24.3 Å². The van der Waals surface area contributed by atoms with Gasteiger partial charge in [0.05, 0.1) is 13.0 Å². The quantitative estimate of drug-likeness (QED) is 0.677. The van der Waals surface area contributed by atoms with Crippen molar-refractivity contribution in [3.63, 3.8) is 0 Å². The van der Waals surface area contributed by atoms with E-state index in [0.717, 1.165) is 11.3 Å². The van der Waals surface area contributed by atoms with Crippen LogP contribution in [0.2, 0.25) is 0 Å². The average Bonchev–Trinajstić information content (AvgIpc) is 2.67. The van der Waals surface area contributed by atoms with E-state index in [1.807, 2.05) is 58.9 Å². The molecular weight excluding hydrogens is 358 g/mol. The van der Waals surface area contributed by atoms with Crippen LogP contribution in [-0.4, -0.2) is 49.0 Å².